The summed E-state index contributed by atoms with van der Waals surface area (Å²) in [5.74, 6) is 0.609. The molecule has 0 aliphatic rings. The second-order valence-corrected chi connectivity index (χ2v) is 4.85. The molecule has 2 aromatic carbocycles. The van der Waals surface area contributed by atoms with E-state index in [1.807, 2.05) is 39.0 Å². The lowest BCUT2D eigenvalue weighted by molar-refractivity contribution is 0.470. The Hall–Kier alpha value is -1.96. The molecule has 0 bridgehead atoms. The Morgan fingerprint density at radius 3 is 2.17 bits per heavy atom. The fraction of sp³-hybridized carbons (Fsp3) is 0.250. The molecule has 0 aromatic heterocycles. The topological polar surface area (TPSA) is 40.5 Å². The average Bonchev–Trinajstić information content (AvgIpc) is 2.30. The van der Waals surface area contributed by atoms with Gasteiger partial charge in [-0.2, -0.15) is 0 Å². The van der Waals surface area contributed by atoms with Crippen LogP contribution in [0.4, 0.5) is 0 Å². The average molecular weight is 242 g/mol. The molecule has 0 atom stereocenters. The minimum atomic E-state index is 0.282. The van der Waals surface area contributed by atoms with Crippen molar-refractivity contribution in [2.75, 3.05) is 0 Å². The summed E-state index contributed by atoms with van der Waals surface area (Å²) in [4.78, 5) is 0. The van der Waals surface area contributed by atoms with E-state index in [-0.39, 0.29) is 5.75 Å². The zero-order valence-corrected chi connectivity index (χ0v) is 11.0. The van der Waals surface area contributed by atoms with Crippen molar-refractivity contribution in [1.82, 2.24) is 0 Å². The number of phenolic OH excluding ortho intramolecular Hbond substituents is 2. The Morgan fingerprint density at radius 1 is 0.778 bits per heavy atom. The molecule has 0 heterocycles. The molecule has 0 spiro atoms. The first kappa shape index (κ1) is 12.5. The molecule has 0 unspecified atom stereocenters. The Kier molecular flexibility index (Phi) is 3.28. The van der Waals surface area contributed by atoms with Crippen LogP contribution in [0, 0.1) is 20.8 Å². The summed E-state index contributed by atoms with van der Waals surface area (Å²) in [5, 5.41) is 19.3. The molecule has 2 nitrogen and oxygen atoms in total. The van der Waals surface area contributed by atoms with E-state index in [1.54, 1.807) is 12.1 Å². The number of phenols is 2. The quantitative estimate of drug-likeness (QED) is 0.844. The van der Waals surface area contributed by atoms with Gasteiger partial charge in [0.1, 0.15) is 11.5 Å². The van der Waals surface area contributed by atoms with Crippen molar-refractivity contribution >= 4 is 0 Å². The van der Waals surface area contributed by atoms with Gasteiger partial charge in [-0.1, -0.05) is 12.1 Å². The van der Waals surface area contributed by atoms with E-state index in [4.69, 9.17) is 0 Å². The van der Waals surface area contributed by atoms with E-state index in [1.165, 1.54) is 0 Å². The van der Waals surface area contributed by atoms with Crippen molar-refractivity contribution in [3.63, 3.8) is 0 Å². The Labute approximate surface area is 108 Å². The summed E-state index contributed by atoms with van der Waals surface area (Å²) < 4.78 is 0. The minimum Gasteiger partial charge on any atom is -0.508 e. The molecule has 94 valence electrons. The maximum Gasteiger partial charge on any atom is 0.118 e. The van der Waals surface area contributed by atoms with Crippen LogP contribution in [0.1, 0.15) is 27.8 Å². The third-order valence-corrected chi connectivity index (χ3v) is 3.37. The molecule has 0 aliphatic carbocycles. The van der Waals surface area contributed by atoms with Gasteiger partial charge < -0.3 is 10.2 Å². The molecule has 2 rings (SSSR count). The molecule has 0 amide bonds. The number of aromatic hydroxyl groups is 2. The van der Waals surface area contributed by atoms with E-state index in [0.717, 1.165) is 34.2 Å². The van der Waals surface area contributed by atoms with Gasteiger partial charge in [0.2, 0.25) is 0 Å². The summed E-state index contributed by atoms with van der Waals surface area (Å²) in [6.45, 7) is 5.96. The van der Waals surface area contributed by atoms with Gasteiger partial charge in [0.25, 0.3) is 0 Å². The number of hydrogen-bond acceptors (Lipinski definition) is 2. The van der Waals surface area contributed by atoms with E-state index in [9.17, 15) is 10.2 Å². The Balaban J connectivity index is 2.40. The fourth-order valence-electron chi connectivity index (χ4n) is 2.13. The summed E-state index contributed by atoms with van der Waals surface area (Å²) >= 11 is 0. The molecular formula is C16H18O2. The highest BCUT2D eigenvalue weighted by Gasteiger charge is 2.07. The highest BCUT2D eigenvalue weighted by Crippen LogP contribution is 2.25. The van der Waals surface area contributed by atoms with Gasteiger partial charge >= 0.3 is 0 Å². The van der Waals surface area contributed by atoms with Crippen molar-refractivity contribution in [2.45, 2.75) is 27.2 Å². The lowest BCUT2D eigenvalue weighted by Crippen LogP contribution is -1.95. The maximum atomic E-state index is 9.78. The van der Waals surface area contributed by atoms with E-state index < -0.39 is 0 Å². The van der Waals surface area contributed by atoms with Crippen LogP contribution < -0.4 is 0 Å². The van der Waals surface area contributed by atoms with Crippen LogP contribution in [0.5, 0.6) is 11.5 Å². The van der Waals surface area contributed by atoms with Crippen LogP contribution in [0.3, 0.4) is 0 Å². The minimum absolute atomic E-state index is 0.282. The lowest BCUT2D eigenvalue weighted by atomic mass is 9.96. The molecule has 0 aliphatic heterocycles. The Morgan fingerprint density at radius 2 is 1.44 bits per heavy atom. The van der Waals surface area contributed by atoms with Crippen LogP contribution in [0.15, 0.2) is 30.3 Å². The van der Waals surface area contributed by atoms with Gasteiger partial charge in [0.05, 0.1) is 0 Å². The lowest BCUT2D eigenvalue weighted by Gasteiger charge is -2.11. The highest BCUT2D eigenvalue weighted by atomic mass is 16.3. The van der Waals surface area contributed by atoms with E-state index in [0.29, 0.717) is 5.75 Å². The molecular weight excluding hydrogens is 224 g/mol. The predicted molar refractivity (Wildman–Crippen MR) is 73.2 cm³/mol. The highest BCUT2D eigenvalue weighted by molar-refractivity contribution is 5.44. The molecule has 2 aromatic rings. The predicted octanol–water partition coefficient (Wildman–Crippen LogP) is 3.61. The zero-order chi connectivity index (χ0) is 13.3. The van der Waals surface area contributed by atoms with E-state index >= 15 is 0 Å². The van der Waals surface area contributed by atoms with Crippen LogP contribution in [-0.4, -0.2) is 10.2 Å². The molecule has 2 N–H and O–H groups in total. The fourth-order valence-corrected chi connectivity index (χ4v) is 2.13. The van der Waals surface area contributed by atoms with Crippen LogP contribution in [0.25, 0.3) is 0 Å². The van der Waals surface area contributed by atoms with Crippen LogP contribution >= 0.6 is 0 Å². The summed E-state index contributed by atoms with van der Waals surface area (Å²) in [6.07, 6.45) is 0.722. The van der Waals surface area contributed by atoms with Crippen molar-refractivity contribution in [3.05, 3.63) is 58.1 Å². The SMILES string of the molecule is Cc1cc(C)c(Cc2cc(O)ccc2C)cc1O. The zero-order valence-electron chi connectivity index (χ0n) is 11.0. The molecule has 0 radical (unpaired) electrons. The Bertz CT molecular complexity index is 586. The molecule has 0 saturated heterocycles. The molecule has 2 heteroatoms. The normalized spacial score (nSPS) is 10.6. The molecule has 18 heavy (non-hydrogen) atoms. The molecule has 0 fully saturated rings. The number of aryl methyl sites for hydroxylation is 3. The standard InChI is InChI=1S/C16H18O2/c1-10-4-5-15(17)8-13(10)7-14-9-16(18)12(3)6-11(14)2/h4-6,8-9,17-18H,7H2,1-3H3. The smallest absolute Gasteiger partial charge is 0.118 e. The summed E-state index contributed by atoms with van der Waals surface area (Å²) in [5.41, 5.74) is 5.37. The van der Waals surface area contributed by atoms with Gasteiger partial charge in [-0.3, -0.25) is 0 Å². The van der Waals surface area contributed by atoms with Gasteiger partial charge in [-0.05, 0) is 73.2 Å². The monoisotopic (exact) mass is 242 g/mol. The number of benzene rings is 2. The van der Waals surface area contributed by atoms with Crippen molar-refractivity contribution in [1.29, 1.82) is 0 Å². The van der Waals surface area contributed by atoms with Crippen LogP contribution in [-0.2, 0) is 6.42 Å². The van der Waals surface area contributed by atoms with Gasteiger partial charge in [0.15, 0.2) is 0 Å². The number of rotatable bonds is 2. The molecule has 0 saturated carbocycles. The third kappa shape index (κ3) is 2.48. The van der Waals surface area contributed by atoms with Crippen molar-refractivity contribution in [3.8, 4) is 11.5 Å². The van der Waals surface area contributed by atoms with Gasteiger partial charge in [0, 0.05) is 0 Å². The van der Waals surface area contributed by atoms with Crippen molar-refractivity contribution < 1.29 is 10.2 Å². The summed E-state index contributed by atoms with van der Waals surface area (Å²) in [6, 6.07) is 9.19. The summed E-state index contributed by atoms with van der Waals surface area (Å²) in [7, 11) is 0. The second-order valence-electron chi connectivity index (χ2n) is 4.85. The van der Waals surface area contributed by atoms with E-state index in [2.05, 4.69) is 0 Å². The number of hydrogen-bond donors (Lipinski definition) is 2. The first-order chi connectivity index (χ1) is 8.47. The van der Waals surface area contributed by atoms with Crippen LogP contribution in [0.2, 0.25) is 0 Å². The first-order valence-electron chi connectivity index (χ1n) is 6.05. The largest absolute Gasteiger partial charge is 0.508 e. The first-order valence-corrected chi connectivity index (χ1v) is 6.05. The third-order valence-electron chi connectivity index (χ3n) is 3.37. The van der Waals surface area contributed by atoms with Crippen molar-refractivity contribution in [2.24, 2.45) is 0 Å². The second kappa shape index (κ2) is 4.73. The van der Waals surface area contributed by atoms with Gasteiger partial charge in [-0.15, -0.1) is 0 Å². The van der Waals surface area contributed by atoms with Gasteiger partial charge in [-0.25, -0.2) is 0 Å². The maximum absolute atomic E-state index is 9.78.